The van der Waals surface area contributed by atoms with E-state index in [-0.39, 0.29) is 10.7 Å². The molecule has 1 heterocycles. The molecule has 0 bridgehead atoms. The highest BCUT2D eigenvalue weighted by atomic mass is 35.5. The second kappa shape index (κ2) is 5.67. The van der Waals surface area contributed by atoms with Gasteiger partial charge < -0.3 is 5.32 Å². The van der Waals surface area contributed by atoms with Gasteiger partial charge in [0, 0.05) is 6.20 Å². The van der Waals surface area contributed by atoms with Crippen LogP contribution in [0.3, 0.4) is 0 Å². The van der Waals surface area contributed by atoms with Crippen molar-refractivity contribution in [3.05, 3.63) is 52.9 Å². The quantitative estimate of drug-likeness (QED) is 0.878. The van der Waals surface area contributed by atoms with Crippen LogP contribution < -0.4 is 10.6 Å². The molecule has 0 saturated heterocycles. The van der Waals surface area contributed by atoms with Gasteiger partial charge in [-0.1, -0.05) is 23.7 Å². The topological polar surface area (TPSA) is 54.0 Å². The molecule has 0 saturated carbocycles. The molecule has 2 N–H and O–H groups in total. The van der Waals surface area contributed by atoms with Crippen LogP contribution in [-0.4, -0.2) is 11.0 Å². The lowest BCUT2D eigenvalue weighted by molar-refractivity contribution is 0.262. The highest BCUT2D eigenvalue weighted by Crippen LogP contribution is 2.24. The predicted molar refractivity (Wildman–Crippen MR) is 73.0 cm³/mol. The Morgan fingerprint density at radius 2 is 2.05 bits per heavy atom. The van der Waals surface area contributed by atoms with E-state index < -0.39 is 11.8 Å². The number of aryl methyl sites for hydroxylation is 1. The molecule has 2 amide bonds. The van der Waals surface area contributed by atoms with Gasteiger partial charge in [0.25, 0.3) is 0 Å². The van der Waals surface area contributed by atoms with Gasteiger partial charge in [-0.2, -0.15) is 0 Å². The molecule has 1 aromatic carbocycles. The molecule has 2 aromatic rings. The van der Waals surface area contributed by atoms with Crippen molar-refractivity contribution >= 4 is 29.1 Å². The Hall–Kier alpha value is -2.14. The Bertz CT molecular complexity index is 598. The zero-order valence-electron chi connectivity index (χ0n) is 10.1. The number of hydrogen-bond acceptors (Lipinski definition) is 2. The third-order valence-electron chi connectivity index (χ3n) is 2.44. The minimum absolute atomic E-state index is 0.0600. The third-order valence-corrected chi connectivity index (χ3v) is 2.76. The van der Waals surface area contributed by atoms with Gasteiger partial charge in [0.15, 0.2) is 0 Å². The van der Waals surface area contributed by atoms with E-state index in [1.807, 2.05) is 0 Å². The monoisotopic (exact) mass is 279 g/mol. The zero-order chi connectivity index (χ0) is 13.8. The van der Waals surface area contributed by atoms with Crippen molar-refractivity contribution in [1.82, 2.24) is 4.98 Å². The highest BCUT2D eigenvalue weighted by Gasteiger charge is 2.11. The molecule has 6 heteroatoms. The van der Waals surface area contributed by atoms with Gasteiger partial charge in [0.1, 0.15) is 11.6 Å². The van der Waals surface area contributed by atoms with Gasteiger partial charge in [0.2, 0.25) is 0 Å². The van der Waals surface area contributed by atoms with Crippen molar-refractivity contribution in [2.75, 3.05) is 10.6 Å². The molecule has 19 heavy (non-hydrogen) atoms. The molecule has 0 aliphatic rings. The lowest BCUT2D eigenvalue weighted by Crippen LogP contribution is -2.21. The first kappa shape index (κ1) is 13.3. The number of benzene rings is 1. The summed E-state index contributed by atoms with van der Waals surface area (Å²) in [4.78, 5) is 15.8. The van der Waals surface area contributed by atoms with Gasteiger partial charge in [-0.3, -0.25) is 5.32 Å². The van der Waals surface area contributed by atoms with Crippen molar-refractivity contribution in [3.8, 4) is 0 Å². The average molecular weight is 280 g/mol. The maximum absolute atomic E-state index is 13.5. The zero-order valence-corrected chi connectivity index (χ0v) is 10.8. The Labute approximate surface area is 114 Å². The summed E-state index contributed by atoms with van der Waals surface area (Å²) in [5.74, 6) is -0.187. The van der Waals surface area contributed by atoms with Gasteiger partial charge in [0.05, 0.1) is 10.7 Å². The molecule has 4 nitrogen and oxygen atoms in total. The van der Waals surface area contributed by atoms with Gasteiger partial charge in [-0.15, -0.1) is 0 Å². The molecular weight excluding hydrogens is 269 g/mol. The standard InChI is InChI=1S/C13H11ClFN3O/c1-8-4-3-7-16-12(8)18-13(19)17-11-9(14)5-2-6-10(11)15/h2-7H,1H3,(H2,16,17,18,19). The third kappa shape index (κ3) is 3.20. The number of amides is 2. The van der Waals surface area contributed by atoms with Crippen LogP contribution in [0, 0.1) is 12.7 Å². The maximum atomic E-state index is 13.5. The van der Waals surface area contributed by atoms with E-state index in [0.29, 0.717) is 5.82 Å². The van der Waals surface area contributed by atoms with Crippen molar-refractivity contribution < 1.29 is 9.18 Å². The number of para-hydroxylation sites is 1. The van der Waals surface area contributed by atoms with E-state index in [9.17, 15) is 9.18 Å². The fourth-order valence-electron chi connectivity index (χ4n) is 1.49. The molecule has 0 spiro atoms. The summed E-state index contributed by atoms with van der Waals surface area (Å²) < 4.78 is 13.5. The molecule has 0 fully saturated rings. The van der Waals surface area contributed by atoms with E-state index in [1.165, 1.54) is 18.2 Å². The fourth-order valence-corrected chi connectivity index (χ4v) is 1.70. The van der Waals surface area contributed by atoms with Crippen LogP contribution in [-0.2, 0) is 0 Å². The van der Waals surface area contributed by atoms with Crippen LogP contribution in [0.1, 0.15) is 5.56 Å². The summed E-state index contributed by atoms with van der Waals surface area (Å²) in [6, 6.07) is 7.13. The van der Waals surface area contributed by atoms with Crippen LogP contribution in [0.25, 0.3) is 0 Å². The Morgan fingerprint density at radius 3 is 2.74 bits per heavy atom. The van der Waals surface area contributed by atoms with E-state index in [1.54, 1.807) is 25.3 Å². The van der Waals surface area contributed by atoms with Crippen molar-refractivity contribution in [2.24, 2.45) is 0 Å². The number of hydrogen-bond donors (Lipinski definition) is 2. The summed E-state index contributed by atoms with van der Waals surface area (Å²) in [5, 5.41) is 5.02. The van der Waals surface area contributed by atoms with Crippen molar-refractivity contribution in [2.45, 2.75) is 6.92 Å². The van der Waals surface area contributed by atoms with Gasteiger partial charge in [-0.25, -0.2) is 14.2 Å². The molecule has 0 aliphatic heterocycles. The molecule has 2 rings (SSSR count). The number of urea groups is 1. The second-order valence-corrected chi connectivity index (χ2v) is 4.25. The van der Waals surface area contributed by atoms with E-state index in [0.717, 1.165) is 5.56 Å². The summed E-state index contributed by atoms with van der Waals surface area (Å²) >= 11 is 5.81. The predicted octanol–water partition coefficient (Wildman–Crippen LogP) is 3.83. The van der Waals surface area contributed by atoms with Gasteiger partial charge in [-0.05, 0) is 30.7 Å². The summed E-state index contributed by atoms with van der Waals surface area (Å²) in [7, 11) is 0. The van der Waals surface area contributed by atoms with Crippen LogP contribution in [0.4, 0.5) is 20.7 Å². The number of aromatic nitrogens is 1. The summed E-state index contributed by atoms with van der Waals surface area (Å²) in [6.07, 6.45) is 1.55. The minimum Gasteiger partial charge on any atom is -0.304 e. The smallest absolute Gasteiger partial charge is 0.304 e. The van der Waals surface area contributed by atoms with E-state index >= 15 is 0 Å². The molecule has 0 atom stereocenters. The van der Waals surface area contributed by atoms with Crippen LogP contribution >= 0.6 is 11.6 Å². The van der Waals surface area contributed by atoms with E-state index in [2.05, 4.69) is 15.6 Å². The number of rotatable bonds is 2. The first-order valence-electron chi connectivity index (χ1n) is 5.51. The average Bonchev–Trinajstić information content (AvgIpc) is 2.37. The lowest BCUT2D eigenvalue weighted by Gasteiger charge is -2.10. The number of pyridine rings is 1. The SMILES string of the molecule is Cc1cccnc1NC(=O)Nc1c(F)cccc1Cl. The molecule has 98 valence electrons. The summed E-state index contributed by atoms with van der Waals surface area (Å²) in [5.41, 5.74) is 0.743. The molecule has 0 unspecified atom stereocenters. The van der Waals surface area contributed by atoms with Crippen molar-refractivity contribution in [1.29, 1.82) is 0 Å². The first-order chi connectivity index (χ1) is 9.08. The summed E-state index contributed by atoms with van der Waals surface area (Å²) in [6.45, 7) is 1.80. The molecule has 1 aromatic heterocycles. The van der Waals surface area contributed by atoms with Crippen LogP contribution in [0.15, 0.2) is 36.5 Å². The maximum Gasteiger partial charge on any atom is 0.324 e. The molecule has 0 radical (unpaired) electrons. The Balaban J connectivity index is 2.12. The number of carbonyl (C=O) groups excluding carboxylic acids is 1. The number of carbonyl (C=O) groups is 1. The van der Waals surface area contributed by atoms with E-state index in [4.69, 9.17) is 11.6 Å². The number of nitrogens with one attached hydrogen (secondary N) is 2. The van der Waals surface area contributed by atoms with Crippen molar-refractivity contribution in [3.63, 3.8) is 0 Å². The minimum atomic E-state index is -0.603. The number of anilines is 2. The lowest BCUT2D eigenvalue weighted by atomic mass is 10.3. The molecule has 0 aliphatic carbocycles. The fraction of sp³-hybridized carbons (Fsp3) is 0.0769. The number of halogens is 2. The first-order valence-corrected chi connectivity index (χ1v) is 5.89. The van der Waals surface area contributed by atoms with Crippen LogP contribution in [0.2, 0.25) is 5.02 Å². The van der Waals surface area contributed by atoms with Gasteiger partial charge >= 0.3 is 6.03 Å². The highest BCUT2D eigenvalue weighted by molar-refractivity contribution is 6.33. The van der Waals surface area contributed by atoms with Crippen LogP contribution in [0.5, 0.6) is 0 Å². The normalized spacial score (nSPS) is 10.1. The Morgan fingerprint density at radius 1 is 1.26 bits per heavy atom. The second-order valence-electron chi connectivity index (χ2n) is 3.84. The molecular formula is C13H11ClFN3O. The number of nitrogens with zero attached hydrogens (tertiary/aromatic N) is 1. The largest absolute Gasteiger partial charge is 0.324 e. The Kier molecular flexibility index (Phi) is 3.97.